The van der Waals surface area contributed by atoms with Crippen molar-refractivity contribution in [3.63, 3.8) is 0 Å². The van der Waals surface area contributed by atoms with Crippen molar-refractivity contribution in [2.45, 2.75) is 12.8 Å². The summed E-state index contributed by atoms with van der Waals surface area (Å²) in [4.78, 5) is 23.8. The molecule has 0 saturated carbocycles. The normalized spacial score (nSPS) is 16.0. The number of nitrogens with one attached hydrogen (secondary N) is 2. The Hall–Kier alpha value is -3.89. The third-order valence-electron chi connectivity index (χ3n) is 4.75. The Bertz CT molecular complexity index is 1180. The molecule has 11 heteroatoms. The Morgan fingerprint density at radius 3 is 2.62 bits per heavy atom. The Balaban J connectivity index is 1.72. The molecule has 1 saturated heterocycles. The average Bonchev–Trinajstić information content (AvgIpc) is 3.34. The average molecular weight is 448 g/mol. The van der Waals surface area contributed by atoms with E-state index >= 15 is 0 Å². The number of para-hydroxylation sites is 1. The van der Waals surface area contributed by atoms with E-state index in [1.807, 2.05) is 0 Å². The molecule has 0 unspecified atom stereocenters. The highest BCUT2D eigenvalue weighted by Gasteiger charge is 2.31. The number of alkyl halides is 3. The zero-order valence-corrected chi connectivity index (χ0v) is 16.3. The molecular weight excluding hydrogens is 432 g/mol. The van der Waals surface area contributed by atoms with Crippen LogP contribution in [0, 0.1) is 11.7 Å². The third kappa shape index (κ3) is 4.71. The monoisotopic (exact) mass is 448 g/mol. The second-order valence-corrected chi connectivity index (χ2v) is 7.05. The number of rotatable bonds is 5. The van der Waals surface area contributed by atoms with Gasteiger partial charge in [0.25, 0.3) is 0 Å². The van der Waals surface area contributed by atoms with E-state index in [4.69, 9.17) is 0 Å². The third-order valence-corrected chi connectivity index (χ3v) is 4.75. The van der Waals surface area contributed by atoms with Crippen LogP contribution in [0.4, 0.5) is 23.4 Å². The topological polar surface area (TPSA) is 85.2 Å². The molecule has 7 nitrogen and oxygen atoms in total. The van der Waals surface area contributed by atoms with Gasteiger partial charge in [0, 0.05) is 24.6 Å². The zero-order valence-electron chi connectivity index (χ0n) is 16.3. The molecule has 32 heavy (non-hydrogen) atoms. The van der Waals surface area contributed by atoms with E-state index in [0.717, 1.165) is 12.1 Å². The van der Waals surface area contributed by atoms with E-state index in [0.29, 0.717) is 0 Å². The summed E-state index contributed by atoms with van der Waals surface area (Å²) in [6, 6.07) is 12.2. The molecule has 2 heterocycles. The fourth-order valence-corrected chi connectivity index (χ4v) is 3.33. The number of nitrogens with zero attached hydrogens (tertiary/aromatic N) is 2. The summed E-state index contributed by atoms with van der Waals surface area (Å²) in [6.45, 7) is 0.183. The number of halogens is 4. The highest BCUT2D eigenvalue weighted by Crippen LogP contribution is 2.31. The van der Waals surface area contributed by atoms with Gasteiger partial charge in [0.1, 0.15) is 17.3 Å². The Morgan fingerprint density at radius 1 is 1.16 bits per heavy atom. The van der Waals surface area contributed by atoms with E-state index in [9.17, 15) is 27.2 Å². The quantitative estimate of drug-likeness (QED) is 0.584. The molecule has 0 bridgehead atoms. The van der Waals surface area contributed by atoms with Crippen LogP contribution >= 0.6 is 0 Å². The van der Waals surface area contributed by atoms with E-state index in [-0.39, 0.29) is 41.6 Å². The molecule has 4 rings (SSSR count). The van der Waals surface area contributed by atoms with Crippen LogP contribution in [0.3, 0.4) is 0 Å². The van der Waals surface area contributed by atoms with Crippen molar-refractivity contribution in [1.29, 1.82) is 0 Å². The van der Waals surface area contributed by atoms with Gasteiger partial charge in [0.05, 0.1) is 11.6 Å². The van der Waals surface area contributed by atoms with Crippen LogP contribution in [-0.4, -0.2) is 34.5 Å². The molecule has 0 radical (unpaired) electrons. The fourth-order valence-electron chi connectivity index (χ4n) is 3.33. The number of carbonyl (C=O) groups is 2. The zero-order chi connectivity index (χ0) is 22.9. The molecule has 1 aliphatic heterocycles. The standard InChI is InChI=1S/C21H16F4N4O3/c22-15-6-1-2-7-16(15)29-17(12-4-3-5-14(8-12)32-21(23,24)25)10-18(28-29)27-20(31)13-9-19(30)26-11-13/h1-8,10,13H,9,11H2,(H,26,30)(H,27,28,31)/t13-/m0/s1. The van der Waals surface area contributed by atoms with E-state index < -0.39 is 29.8 Å². The van der Waals surface area contributed by atoms with Crippen LogP contribution in [0.2, 0.25) is 0 Å². The predicted octanol–water partition coefficient (Wildman–Crippen LogP) is 3.65. The lowest BCUT2D eigenvalue weighted by molar-refractivity contribution is -0.274. The van der Waals surface area contributed by atoms with E-state index in [2.05, 4.69) is 20.5 Å². The predicted molar refractivity (Wildman–Crippen MR) is 105 cm³/mol. The van der Waals surface area contributed by atoms with Crippen LogP contribution in [0.5, 0.6) is 5.75 Å². The van der Waals surface area contributed by atoms with Gasteiger partial charge in [0.2, 0.25) is 11.8 Å². The maximum atomic E-state index is 14.5. The lowest BCUT2D eigenvalue weighted by atomic mass is 10.1. The van der Waals surface area contributed by atoms with Crippen LogP contribution in [-0.2, 0) is 9.59 Å². The maximum Gasteiger partial charge on any atom is 0.573 e. The molecule has 0 spiro atoms. The second-order valence-electron chi connectivity index (χ2n) is 7.05. The Labute approximate surface area is 179 Å². The van der Waals surface area contributed by atoms with Crippen molar-refractivity contribution in [2.75, 3.05) is 11.9 Å². The fraction of sp³-hybridized carbons (Fsp3) is 0.190. The van der Waals surface area contributed by atoms with Crippen LogP contribution < -0.4 is 15.4 Å². The molecule has 2 aromatic carbocycles. The molecule has 3 aromatic rings. The molecule has 1 fully saturated rings. The number of benzene rings is 2. The SMILES string of the molecule is O=C1C[C@H](C(=O)Nc2cc(-c3cccc(OC(F)(F)F)c3)n(-c3ccccc3F)n2)CN1. The van der Waals surface area contributed by atoms with Gasteiger partial charge in [-0.15, -0.1) is 18.3 Å². The largest absolute Gasteiger partial charge is 0.573 e. The van der Waals surface area contributed by atoms with Crippen molar-refractivity contribution in [1.82, 2.24) is 15.1 Å². The summed E-state index contributed by atoms with van der Waals surface area (Å²) >= 11 is 0. The lowest BCUT2D eigenvalue weighted by Crippen LogP contribution is -2.24. The maximum absolute atomic E-state index is 14.5. The Morgan fingerprint density at radius 2 is 1.94 bits per heavy atom. The van der Waals surface area contributed by atoms with Gasteiger partial charge in [-0.3, -0.25) is 9.59 Å². The number of hydrogen-bond donors (Lipinski definition) is 2. The van der Waals surface area contributed by atoms with Crippen molar-refractivity contribution in [3.05, 3.63) is 60.4 Å². The summed E-state index contributed by atoms with van der Waals surface area (Å²) in [5.41, 5.74) is 0.502. The summed E-state index contributed by atoms with van der Waals surface area (Å²) < 4.78 is 57.5. The molecule has 1 aliphatic rings. The van der Waals surface area contributed by atoms with Crippen LogP contribution in [0.25, 0.3) is 16.9 Å². The van der Waals surface area contributed by atoms with Gasteiger partial charge in [-0.2, -0.15) is 0 Å². The summed E-state index contributed by atoms with van der Waals surface area (Å²) in [6.07, 6.45) is -4.85. The van der Waals surface area contributed by atoms with Gasteiger partial charge >= 0.3 is 6.36 Å². The number of aromatic nitrogens is 2. The smallest absolute Gasteiger partial charge is 0.406 e. The minimum atomic E-state index is -4.88. The van der Waals surface area contributed by atoms with Crippen molar-refractivity contribution < 1.29 is 31.9 Å². The highest BCUT2D eigenvalue weighted by molar-refractivity contribution is 5.97. The molecular formula is C21H16F4N4O3. The molecule has 166 valence electrons. The molecule has 0 aliphatic carbocycles. The first-order valence-corrected chi connectivity index (χ1v) is 9.48. The van der Waals surface area contributed by atoms with Crippen LogP contribution in [0.1, 0.15) is 6.42 Å². The molecule has 2 N–H and O–H groups in total. The van der Waals surface area contributed by atoms with Gasteiger partial charge in [-0.25, -0.2) is 9.07 Å². The summed E-state index contributed by atoms with van der Waals surface area (Å²) in [7, 11) is 0. The first kappa shape index (κ1) is 21.3. The van der Waals surface area contributed by atoms with Crippen molar-refractivity contribution in [2.24, 2.45) is 5.92 Å². The molecule has 1 aromatic heterocycles. The van der Waals surface area contributed by atoms with Crippen LogP contribution in [0.15, 0.2) is 54.6 Å². The van der Waals surface area contributed by atoms with Gasteiger partial charge < -0.3 is 15.4 Å². The number of amides is 2. The Kier molecular flexibility index (Phi) is 5.56. The summed E-state index contributed by atoms with van der Waals surface area (Å²) in [5, 5.41) is 9.37. The van der Waals surface area contributed by atoms with Crippen molar-refractivity contribution >= 4 is 17.6 Å². The number of hydrogen-bond acceptors (Lipinski definition) is 4. The minimum absolute atomic E-state index is 0.0304. The van der Waals surface area contributed by atoms with E-state index in [1.165, 1.54) is 41.1 Å². The van der Waals surface area contributed by atoms with Gasteiger partial charge in [-0.05, 0) is 24.3 Å². The van der Waals surface area contributed by atoms with E-state index in [1.54, 1.807) is 6.07 Å². The van der Waals surface area contributed by atoms with Gasteiger partial charge in [-0.1, -0.05) is 24.3 Å². The van der Waals surface area contributed by atoms with Crippen molar-refractivity contribution in [3.8, 4) is 22.7 Å². The highest BCUT2D eigenvalue weighted by atomic mass is 19.4. The molecule has 2 amide bonds. The first-order valence-electron chi connectivity index (χ1n) is 9.48. The number of ether oxygens (including phenoxy) is 1. The first-order chi connectivity index (χ1) is 15.2. The second kappa shape index (κ2) is 8.33. The van der Waals surface area contributed by atoms with Gasteiger partial charge in [0.15, 0.2) is 5.82 Å². The summed E-state index contributed by atoms with van der Waals surface area (Å²) in [5.74, 6) is -2.32. The number of carbonyl (C=O) groups excluding carboxylic acids is 2. The number of anilines is 1. The lowest BCUT2D eigenvalue weighted by Gasteiger charge is -2.11. The molecule has 1 atom stereocenters. The minimum Gasteiger partial charge on any atom is -0.406 e.